The molecule has 1 aliphatic carbocycles. The molecule has 1 aromatic heterocycles. The van der Waals surface area contributed by atoms with Gasteiger partial charge < -0.3 is 0 Å². The van der Waals surface area contributed by atoms with E-state index in [0.717, 1.165) is 16.7 Å². The number of benzene rings is 1. The Balaban J connectivity index is 1.97. The van der Waals surface area contributed by atoms with Gasteiger partial charge in [0.15, 0.2) is 0 Å². The zero-order valence-corrected chi connectivity index (χ0v) is 9.32. The number of para-hydroxylation sites is 1. The van der Waals surface area contributed by atoms with Gasteiger partial charge in [-0.2, -0.15) is 0 Å². The van der Waals surface area contributed by atoms with Crippen molar-refractivity contribution in [1.29, 1.82) is 0 Å². The van der Waals surface area contributed by atoms with Crippen molar-refractivity contribution in [2.45, 2.75) is 38.0 Å². The van der Waals surface area contributed by atoms with E-state index in [2.05, 4.69) is 16.2 Å². The molecule has 0 saturated heterocycles. The van der Waals surface area contributed by atoms with Crippen LogP contribution in [0.15, 0.2) is 24.3 Å². The van der Waals surface area contributed by atoms with Gasteiger partial charge in [0, 0.05) is 11.3 Å². The number of rotatable bonds is 1. The van der Waals surface area contributed by atoms with Crippen molar-refractivity contribution in [3.05, 3.63) is 36.3 Å². The highest BCUT2D eigenvalue weighted by Crippen LogP contribution is 2.30. The van der Waals surface area contributed by atoms with Crippen LogP contribution < -0.4 is 0 Å². The highest BCUT2D eigenvalue weighted by Gasteiger charge is 2.18. The summed E-state index contributed by atoms with van der Waals surface area (Å²) in [5.41, 5.74) is 1.03. The van der Waals surface area contributed by atoms with Gasteiger partial charge in [0.2, 0.25) is 0 Å². The Morgan fingerprint density at radius 1 is 1.06 bits per heavy atom. The standard InChI is InChI=1S/C14H15N2/c1-2-6-11(7-3-1)14-15-10-12-8-4-5-9-13(12)16-14/h4-5,8-9,11H,1-3,6-7H2. The van der Waals surface area contributed by atoms with Crippen LogP contribution in [0.1, 0.15) is 43.8 Å². The fourth-order valence-corrected chi connectivity index (χ4v) is 2.47. The third kappa shape index (κ3) is 1.80. The normalized spacial score (nSPS) is 17.8. The summed E-state index contributed by atoms with van der Waals surface area (Å²) in [6.07, 6.45) is 9.60. The molecule has 0 amide bonds. The minimum atomic E-state index is 0.564. The van der Waals surface area contributed by atoms with E-state index in [-0.39, 0.29) is 0 Å². The number of aromatic nitrogens is 2. The lowest BCUT2D eigenvalue weighted by molar-refractivity contribution is 0.429. The maximum Gasteiger partial charge on any atom is 0.132 e. The Labute approximate surface area is 95.7 Å². The maximum atomic E-state index is 4.66. The molecular weight excluding hydrogens is 196 g/mol. The number of hydrogen-bond acceptors (Lipinski definition) is 2. The van der Waals surface area contributed by atoms with Crippen LogP contribution in [0, 0.1) is 6.20 Å². The first-order valence-electron chi connectivity index (χ1n) is 6.08. The van der Waals surface area contributed by atoms with E-state index in [4.69, 9.17) is 0 Å². The lowest BCUT2D eigenvalue weighted by atomic mass is 9.88. The molecule has 0 spiro atoms. The van der Waals surface area contributed by atoms with Gasteiger partial charge in [0.25, 0.3) is 0 Å². The first-order chi connectivity index (χ1) is 7.93. The molecule has 16 heavy (non-hydrogen) atoms. The van der Waals surface area contributed by atoms with Gasteiger partial charge in [0.05, 0.1) is 5.52 Å². The van der Waals surface area contributed by atoms with Gasteiger partial charge in [-0.3, -0.25) is 0 Å². The van der Waals surface area contributed by atoms with Gasteiger partial charge in [-0.15, -0.1) is 0 Å². The predicted molar refractivity (Wildman–Crippen MR) is 64.2 cm³/mol. The van der Waals surface area contributed by atoms with Crippen molar-refractivity contribution < 1.29 is 0 Å². The maximum absolute atomic E-state index is 4.66. The second-order valence-corrected chi connectivity index (χ2v) is 4.55. The van der Waals surface area contributed by atoms with E-state index in [1.54, 1.807) is 0 Å². The minimum Gasteiger partial charge on any atom is -0.233 e. The average Bonchev–Trinajstić information content (AvgIpc) is 2.39. The quantitative estimate of drug-likeness (QED) is 0.721. The summed E-state index contributed by atoms with van der Waals surface area (Å²) in [5, 5.41) is 1.02. The number of fused-ring (bicyclic) bond motifs is 1. The second kappa shape index (κ2) is 4.20. The molecule has 0 unspecified atom stereocenters. The Morgan fingerprint density at radius 3 is 2.75 bits per heavy atom. The molecule has 0 N–H and O–H groups in total. The molecule has 1 aliphatic rings. The summed E-state index contributed by atoms with van der Waals surface area (Å²) in [6.45, 7) is 0. The summed E-state index contributed by atoms with van der Waals surface area (Å²) in [6, 6.07) is 8.08. The first kappa shape index (κ1) is 9.76. The van der Waals surface area contributed by atoms with Crippen molar-refractivity contribution >= 4 is 10.9 Å². The molecule has 1 radical (unpaired) electrons. The Kier molecular flexibility index (Phi) is 2.56. The summed E-state index contributed by atoms with van der Waals surface area (Å²) in [7, 11) is 0. The molecule has 1 aromatic carbocycles. The summed E-state index contributed by atoms with van der Waals surface area (Å²) < 4.78 is 0. The zero-order chi connectivity index (χ0) is 10.8. The van der Waals surface area contributed by atoms with Gasteiger partial charge in [-0.1, -0.05) is 37.5 Å². The van der Waals surface area contributed by atoms with E-state index >= 15 is 0 Å². The van der Waals surface area contributed by atoms with Crippen LogP contribution in [0.25, 0.3) is 10.9 Å². The number of hydrogen-bond donors (Lipinski definition) is 0. The molecule has 1 fully saturated rings. The highest BCUT2D eigenvalue weighted by molar-refractivity contribution is 5.76. The van der Waals surface area contributed by atoms with Crippen LogP contribution in [-0.4, -0.2) is 9.97 Å². The van der Waals surface area contributed by atoms with Crippen LogP contribution in [-0.2, 0) is 0 Å². The third-order valence-corrected chi connectivity index (χ3v) is 3.40. The van der Waals surface area contributed by atoms with Crippen LogP contribution >= 0.6 is 0 Å². The van der Waals surface area contributed by atoms with Gasteiger partial charge in [-0.05, 0) is 18.9 Å². The van der Waals surface area contributed by atoms with E-state index < -0.39 is 0 Å². The van der Waals surface area contributed by atoms with E-state index in [1.165, 1.54) is 32.1 Å². The van der Waals surface area contributed by atoms with Crippen LogP contribution in [0.5, 0.6) is 0 Å². The minimum absolute atomic E-state index is 0.564. The molecule has 0 atom stereocenters. The highest BCUT2D eigenvalue weighted by atomic mass is 14.9. The monoisotopic (exact) mass is 211 g/mol. The van der Waals surface area contributed by atoms with Crippen molar-refractivity contribution in [2.24, 2.45) is 0 Å². The topological polar surface area (TPSA) is 25.8 Å². The SMILES string of the molecule is [c]1nc(C2CCCCC2)nc2ccccc12. The second-order valence-electron chi connectivity index (χ2n) is 4.55. The average molecular weight is 211 g/mol. The number of nitrogens with zero attached hydrogens (tertiary/aromatic N) is 2. The summed E-state index contributed by atoms with van der Waals surface area (Å²) in [5.74, 6) is 1.56. The third-order valence-electron chi connectivity index (χ3n) is 3.40. The largest absolute Gasteiger partial charge is 0.233 e. The van der Waals surface area contributed by atoms with Gasteiger partial charge >= 0.3 is 0 Å². The molecule has 1 heterocycles. The Hall–Kier alpha value is -1.44. The fourth-order valence-electron chi connectivity index (χ4n) is 2.47. The van der Waals surface area contributed by atoms with Crippen LogP contribution in [0.2, 0.25) is 0 Å². The molecule has 81 valence electrons. The van der Waals surface area contributed by atoms with Gasteiger partial charge in [0.1, 0.15) is 12.0 Å². The molecule has 1 saturated carbocycles. The molecule has 2 nitrogen and oxygen atoms in total. The lowest BCUT2D eigenvalue weighted by Gasteiger charge is -2.19. The van der Waals surface area contributed by atoms with Crippen LogP contribution in [0.3, 0.4) is 0 Å². The van der Waals surface area contributed by atoms with E-state index in [1.807, 2.05) is 24.3 Å². The molecule has 0 aliphatic heterocycles. The Bertz CT molecular complexity index is 487. The molecule has 3 rings (SSSR count). The van der Waals surface area contributed by atoms with Gasteiger partial charge in [-0.25, -0.2) is 9.97 Å². The molecule has 2 aromatic rings. The molecule has 0 bridgehead atoms. The van der Waals surface area contributed by atoms with Crippen molar-refractivity contribution in [3.8, 4) is 0 Å². The summed E-state index contributed by atoms with van der Waals surface area (Å²) >= 11 is 0. The van der Waals surface area contributed by atoms with Crippen molar-refractivity contribution in [1.82, 2.24) is 9.97 Å². The molecule has 2 heteroatoms. The Morgan fingerprint density at radius 2 is 1.88 bits per heavy atom. The first-order valence-corrected chi connectivity index (χ1v) is 6.08. The zero-order valence-electron chi connectivity index (χ0n) is 9.32. The fraction of sp³-hybridized carbons (Fsp3) is 0.429. The van der Waals surface area contributed by atoms with Crippen molar-refractivity contribution in [3.63, 3.8) is 0 Å². The predicted octanol–water partition coefficient (Wildman–Crippen LogP) is 3.48. The van der Waals surface area contributed by atoms with E-state index in [9.17, 15) is 0 Å². The smallest absolute Gasteiger partial charge is 0.132 e. The molecular formula is C14H15N2. The lowest BCUT2D eigenvalue weighted by Crippen LogP contribution is -2.08. The van der Waals surface area contributed by atoms with Crippen LogP contribution in [0.4, 0.5) is 0 Å². The van der Waals surface area contributed by atoms with E-state index in [0.29, 0.717) is 5.92 Å². The summed E-state index contributed by atoms with van der Waals surface area (Å²) in [4.78, 5) is 9.05. The van der Waals surface area contributed by atoms with Crippen molar-refractivity contribution in [2.75, 3.05) is 0 Å².